The minimum Gasteiger partial charge on any atom is -0.378 e. The zero-order chi connectivity index (χ0) is 23.3. The fourth-order valence-corrected chi connectivity index (χ4v) is 4.74. The van der Waals surface area contributed by atoms with E-state index >= 15 is 0 Å². The molecule has 34 heavy (non-hydrogen) atoms. The molecule has 5 rings (SSSR count). The van der Waals surface area contributed by atoms with Crippen molar-refractivity contribution in [2.45, 2.75) is 0 Å². The maximum atomic E-state index is 6.28. The number of halogens is 2. The normalized spacial score (nSPS) is 14.8. The summed E-state index contributed by atoms with van der Waals surface area (Å²) in [6, 6.07) is 17.7. The molecule has 1 fully saturated rings. The zero-order valence-electron chi connectivity index (χ0n) is 18.1. The average molecular weight is 510 g/mol. The molecule has 172 valence electrons. The van der Waals surface area contributed by atoms with Gasteiger partial charge in [-0.25, -0.2) is 9.67 Å². The Kier molecular flexibility index (Phi) is 7.06. The second kappa shape index (κ2) is 10.5. The van der Waals surface area contributed by atoms with Crippen LogP contribution in [0.25, 0.3) is 11.3 Å². The van der Waals surface area contributed by atoms with E-state index in [2.05, 4.69) is 34.1 Å². The van der Waals surface area contributed by atoms with Crippen molar-refractivity contribution in [3.63, 3.8) is 0 Å². The molecule has 0 unspecified atom stereocenters. The molecule has 0 atom stereocenters. The van der Waals surface area contributed by atoms with E-state index in [1.807, 2.05) is 40.5 Å². The molecule has 4 aromatic rings. The smallest absolute Gasteiger partial charge is 0.211 e. The summed E-state index contributed by atoms with van der Waals surface area (Å²) >= 11 is 13.9. The minimum atomic E-state index is 0.491. The first-order chi connectivity index (χ1) is 16.7. The molecule has 0 saturated carbocycles. The lowest BCUT2D eigenvalue weighted by Gasteiger charge is -2.28. The minimum absolute atomic E-state index is 0.491. The van der Waals surface area contributed by atoms with Gasteiger partial charge >= 0.3 is 0 Å². The molecular weight excluding hydrogens is 489 g/mol. The second-order valence-electron chi connectivity index (χ2n) is 7.60. The van der Waals surface area contributed by atoms with Gasteiger partial charge in [0.15, 0.2) is 0 Å². The number of rotatable bonds is 5. The third-order valence-electron chi connectivity index (χ3n) is 5.36. The molecule has 0 N–H and O–H groups in total. The largest absolute Gasteiger partial charge is 0.378 e. The molecular formula is C25H21Cl2N5OS. The van der Waals surface area contributed by atoms with Crippen LogP contribution in [0.3, 0.4) is 0 Å². The Labute approximate surface area is 211 Å². The molecule has 0 aliphatic carbocycles. The summed E-state index contributed by atoms with van der Waals surface area (Å²) in [6.07, 6.45) is 5.28. The molecule has 3 heterocycles. The number of morpholine rings is 1. The lowest BCUT2D eigenvalue weighted by Crippen LogP contribution is -2.36. The monoisotopic (exact) mass is 509 g/mol. The molecule has 0 bridgehead atoms. The van der Waals surface area contributed by atoms with Crippen LogP contribution in [-0.4, -0.2) is 42.2 Å². The van der Waals surface area contributed by atoms with Crippen LogP contribution in [-0.2, 0) is 4.74 Å². The Morgan fingerprint density at radius 2 is 1.82 bits per heavy atom. The maximum Gasteiger partial charge on any atom is 0.211 e. The molecule has 0 radical (unpaired) electrons. The first-order valence-corrected chi connectivity index (χ1v) is 12.4. The third kappa shape index (κ3) is 5.23. The number of ether oxygens (including phenoxy) is 1. The van der Waals surface area contributed by atoms with Crippen LogP contribution in [0, 0.1) is 0 Å². The molecule has 0 amide bonds. The summed E-state index contributed by atoms with van der Waals surface area (Å²) in [4.78, 5) is 11.9. The topological polar surface area (TPSA) is 55.0 Å². The Morgan fingerprint density at radius 1 is 1.00 bits per heavy atom. The van der Waals surface area contributed by atoms with Crippen LogP contribution >= 0.6 is 34.5 Å². The van der Waals surface area contributed by atoms with Crippen LogP contribution in [0.15, 0.2) is 82.5 Å². The van der Waals surface area contributed by atoms with Gasteiger partial charge in [-0.3, -0.25) is 4.98 Å². The van der Waals surface area contributed by atoms with Gasteiger partial charge in [0.25, 0.3) is 0 Å². The van der Waals surface area contributed by atoms with E-state index in [1.165, 1.54) is 17.0 Å². The number of benzene rings is 2. The van der Waals surface area contributed by atoms with E-state index in [9.17, 15) is 0 Å². The summed E-state index contributed by atoms with van der Waals surface area (Å²) in [5.74, 6) is 0. The molecule has 1 aliphatic heterocycles. The number of anilines is 1. The molecule has 1 saturated heterocycles. The number of nitrogens with zero attached hydrogens (tertiary/aromatic N) is 5. The van der Waals surface area contributed by atoms with Crippen molar-refractivity contribution in [2.75, 3.05) is 31.2 Å². The first-order valence-electron chi connectivity index (χ1n) is 10.8. The van der Waals surface area contributed by atoms with Crippen molar-refractivity contribution in [1.29, 1.82) is 0 Å². The summed E-state index contributed by atoms with van der Waals surface area (Å²) in [5.41, 5.74) is 4.70. The van der Waals surface area contributed by atoms with Crippen LogP contribution in [0.5, 0.6) is 0 Å². The van der Waals surface area contributed by atoms with Crippen molar-refractivity contribution >= 4 is 52.1 Å². The number of thiazole rings is 1. The average Bonchev–Trinajstić information content (AvgIpc) is 3.28. The van der Waals surface area contributed by atoms with E-state index in [0.717, 1.165) is 53.6 Å². The zero-order valence-corrected chi connectivity index (χ0v) is 20.5. The van der Waals surface area contributed by atoms with E-state index in [-0.39, 0.29) is 0 Å². The Morgan fingerprint density at radius 3 is 2.56 bits per heavy atom. The van der Waals surface area contributed by atoms with Crippen LogP contribution < -0.4 is 9.70 Å². The fourth-order valence-electron chi connectivity index (χ4n) is 3.59. The molecule has 2 aromatic carbocycles. The summed E-state index contributed by atoms with van der Waals surface area (Å²) in [5, 5.41) is 7.79. The van der Waals surface area contributed by atoms with Crippen LogP contribution in [0.2, 0.25) is 10.0 Å². The number of aromatic nitrogens is 2. The van der Waals surface area contributed by atoms with Gasteiger partial charge < -0.3 is 9.64 Å². The van der Waals surface area contributed by atoms with Gasteiger partial charge in [-0.15, -0.1) is 11.3 Å². The number of hydrogen-bond donors (Lipinski definition) is 0. The molecule has 1 aliphatic rings. The van der Waals surface area contributed by atoms with Crippen molar-refractivity contribution in [3.8, 4) is 11.3 Å². The van der Waals surface area contributed by atoms with E-state index < -0.39 is 0 Å². The highest BCUT2D eigenvalue weighted by Crippen LogP contribution is 2.29. The third-order valence-corrected chi connectivity index (χ3v) is 6.92. The van der Waals surface area contributed by atoms with Gasteiger partial charge in [0, 0.05) is 35.9 Å². The maximum absolute atomic E-state index is 6.28. The first kappa shape index (κ1) is 22.8. The molecule has 0 spiro atoms. The standard InChI is InChI=1S/C25H21Cl2N5OS/c26-22-8-5-19(14-23(22)27)24-17-34-25(30-20-2-1-9-28-16-20)32(24)29-15-18-3-6-21(7-4-18)31-10-12-33-13-11-31/h1-9,14-17H,10-13H2. The van der Waals surface area contributed by atoms with Gasteiger partial charge in [-0.1, -0.05) is 41.4 Å². The van der Waals surface area contributed by atoms with Crippen LogP contribution in [0.4, 0.5) is 11.4 Å². The van der Waals surface area contributed by atoms with Gasteiger partial charge in [0.05, 0.1) is 47.1 Å². The van der Waals surface area contributed by atoms with Gasteiger partial charge in [0.1, 0.15) is 0 Å². The van der Waals surface area contributed by atoms with Gasteiger partial charge in [-0.05, 0) is 42.0 Å². The summed E-state index contributed by atoms with van der Waals surface area (Å²) in [7, 11) is 0. The Balaban J connectivity index is 1.50. The Hall–Kier alpha value is -2.97. The number of hydrogen-bond acceptors (Lipinski definition) is 6. The van der Waals surface area contributed by atoms with E-state index in [1.54, 1.807) is 18.5 Å². The predicted octanol–water partition coefficient (Wildman–Crippen LogP) is 5.87. The second-order valence-corrected chi connectivity index (χ2v) is 9.25. The van der Waals surface area contributed by atoms with Crippen LogP contribution in [0.1, 0.15) is 5.56 Å². The van der Waals surface area contributed by atoms with Crippen molar-refractivity contribution in [2.24, 2.45) is 10.1 Å². The quantitative estimate of drug-likeness (QED) is 0.316. The van der Waals surface area contributed by atoms with Gasteiger partial charge in [-0.2, -0.15) is 5.10 Å². The van der Waals surface area contributed by atoms with Crippen molar-refractivity contribution in [3.05, 3.63) is 92.8 Å². The van der Waals surface area contributed by atoms with E-state index in [0.29, 0.717) is 10.0 Å². The van der Waals surface area contributed by atoms with Gasteiger partial charge in [0.2, 0.25) is 4.80 Å². The Bertz CT molecular complexity index is 1360. The SMILES string of the molecule is Clc1ccc(-c2csc(=Nc3cccnc3)n2N=Cc2ccc(N3CCOCC3)cc2)cc1Cl. The number of pyridine rings is 1. The predicted molar refractivity (Wildman–Crippen MR) is 140 cm³/mol. The fraction of sp³-hybridized carbons (Fsp3) is 0.160. The lowest BCUT2D eigenvalue weighted by molar-refractivity contribution is 0.122. The summed E-state index contributed by atoms with van der Waals surface area (Å²) in [6.45, 7) is 3.34. The summed E-state index contributed by atoms with van der Waals surface area (Å²) < 4.78 is 7.26. The highest BCUT2D eigenvalue weighted by atomic mass is 35.5. The molecule has 6 nitrogen and oxygen atoms in total. The highest BCUT2D eigenvalue weighted by molar-refractivity contribution is 7.07. The molecule has 9 heteroatoms. The van der Waals surface area contributed by atoms with Crippen molar-refractivity contribution < 1.29 is 4.74 Å². The molecule has 2 aromatic heterocycles. The van der Waals surface area contributed by atoms with E-state index in [4.69, 9.17) is 38.0 Å². The van der Waals surface area contributed by atoms with Crippen molar-refractivity contribution in [1.82, 2.24) is 9.66 Å². The lowest BCUT2D eigenvalue weighted by atomic mass is 10.2. The highest BCUT2D eigenvalue weighted by Gasteiger charge is 2.12.